The van der Waals surface area contributed by atoms with Gasteiger partial charge in [-0.1, -0.05) is 11.3 Å². The first-order valence-corrected chi connectivity index (χ1v) is 10.8. The molecule has 10 heteroatoms. The van der Waals surface area contributed by atoms with Crippen LogP contribution in [0.4, 0.5) is 0 Å². The lowest BCUT2D eigenvalue weighted by molar-refractivity contribution is -0.146. The standard InChI is InChI=1S/C24H23N3O7/c1-30-23(29)19-13-33-24(31-2)22-15(4-7-18(19)22)10-27-11-16(25-26-27)12-32-17-6-3-14-5-8-21(28)34-20(14)9-17/h3-6,8-9,11,13,18,22,24H,7,10,12H2,1-2H3/t18-,22-,24-/m1/s1. The first kappa shape index (κ1) is 21.9. The van der Waals surface area contributed by atoms with Crippen LogP contribution in [0.1, 0.15) is 12.1 Å². The Morgan fingerprint density at radius 3 is 2.91 bits per heavy atom. The number of hydrogen-bond acceptors (Lipinski definition) is 9. The summed E-state index contributed by atoms with van der Waals surface area (Å²) in [6.45, 7) is 0.680. The molecule has 2 aromatic heterocycles. The van der Waals surface area contributed by atoms with Gasteiger partial charge in [0, 0.05) is 30.5 Å². The van der Waals surface area contributed by atoms with Crippen molar-refractivity contribution in [1.82, 2.24) is 15.0 Å². The molecule has 1 aliphatic carbocycles. The van der Waals surface area contributed by atoms with Crippen molar-refractivity contribution >= 4 is 16.9 Å². The number of allylic oxidation sites excluding steroid dienone is 1. The van der Waals surface area contributed by atoms with Gasteiger partial charge in [0.1, 0.15) is 23.6 Å². The van der Waals surface area contributed by atoms with E-state index in [0.717, 1.165) is 11.0 Å². The second kappa shape index (κ2) is 9.14. The van der Waals surface area contributed by atoms with Crippen molar-refractivity contribution in [3.63, 3.8) is 0 Å². The molecule has 3 heterocycles. The van der Waals surface area contributed by atoms with Gasteiger partial charge in [0.2, 0.25) is 6.29 Å². The van der Waals surface area contributed by atoms with Crippen molar-refractivity contribution in [2.45, 2.75) is 25.9 Å². The SMILES string of the molecule is COC(=O)C1=CO[C@@H](OC)[C@@H]2C(Cn3cc(COc4ccc5ccc(=O)oc5c4)nn3)=CC[C@H]12. The zero-order chi connectivity index (χ0) is 23.7. The number of benzene rings is 1. The van der Waals surface area contributed by atoms with Gasteiger partial charge in [0.15, 0.2) is 0 Å². The molecule has 0 radical (unpaired) electrons. The highest BCUT2D eigenvalue weighted by atomic mass is 16.7. The van der Waals surface area contributed by atoms with Crippen molar-refractivity contribution in [3.8, 4) is 5.75 Å². The lowest BCUT2D eigenvalue weighted by atomic mass is 9.83. The molecule has 0 amide bonds. The maximum atomic E-state index is 12.2. The van der Waals surface area contributed by atoms with Crippen LogP contribution < -0.4 is 10.4 Å². The normalized spacial score (nSPS) is 21.4. The van der Waals surface area contributed by atoms with Gasteiger partial charge in [-0.25, -0.2) is 14.3 Å². The molecule has 1 aliphatic heterocycles. The molecule has 0 bridgehead atoms. The Hall–Kier alpha value is -3.92. The molecule has 0 unspecified atom stereocenters. The highest BCUT2D eigenvalue weighted by Gasteiger charge is 2.44. The Labute approximate surface area is 194 Å². The van der Waals surface area contributed by atoms with Crippen LogP contribution in [-0.2, 0) is 32.2 Å². The summed E-state index contributed by atoms with van der Waals surface area (Å²) in [5.41, 5.74) is 2.24. The third kappa shape index (κ3) is 4.19. The highest BCUT2D eigenvalue weighted by Crippen LogP contribution is 2.44. The summed E-state index contributed by atoms with van der Waals surface area (Å²) in [5, 5.41) is 9.21. The number of methoxy groups -OCH3 is 2. The molecule has 0 saturated carbocycles. The second-order valence-electron chi connectivity index (χ2n) is 8.10. The predicted molar refractivity (Wildman–Crippen MR) is 118 cm³/mol. The molecule has 5 rings (SSSR count). The summed E-state index contributed by atoms with van der Waals surface area (Å²) >= 11 is 0. The van der Waals surface area contributed by atoms with Gasteiger partial charge < -0.3 is 23.4 Å². The van der Waals surface area contributed by atoms with E-state index in [4.69, 9.17) is 23.4 Å². The van der Waals surface area contributed by atoms with Gasteiger partial charge >= 0.3 is 11.6 Å². The maximum absolute atomic E-state index is 12.2. The molecule has 176 valence electrons. The van der Waals surface area contributed by atoms with Crippen LogP contribution in [-0.4, -0.2) is 41.5 Å². The topological polar surface area (TPSA) is 115 Å². The summed E-state index contributed by atoms with van der Waals surface area (Å²) in [7, 11) is 2.94. The monoisotopic (exact) mass is 465 g/mol. The van der Waals surface area contributed by atoms with Crippen LogP contribution in [0.3, 0.4) is 0 Å². The number of nitrogens with zero attached hydrogens (tertiary/aromatic N) is 3. The minimum Gasteiger partial charge on any atom is -0.487 e. The van der Waals surface area contributed by atoms with Crippen LogP contribution in [0.15, 0.2) is 69.2 Å². The number of fused-ring (bicyclic) bond motifs is 2. The molecule has 0 saturated heterocycles. The van der Waals surface area contributed by atoms with E-state index in [1.165, 1.54) is 19.4 Å². The van der Waals surface area contributed by atoms with E-state index in [1.807, 2.05) is 6.07 Å². The number of esters is 1. The Morgan fingerprint density at radius 1 is 1.24 bits per heavy atom. The molecule has 34 heavy (non-hydrogen) atoms. The molecule has 0 fully saturated rings. The molecular weight excluding hydrogens is 442 g/mol. The van der Waals surface area contributed by atoms with Crippen LogP contribution in [0.5, 0.6) is 5.75 Å². The van der Waals surface area contributed by atoms with E-state index in [0.29, 0.717) is 35.6 Å². The fourth-order valence-electron chi connectivity index (χ4n) is 4.46. The minimum absolute atomic E-state index is 0.0690. The van der Waals surface area contributed by atoms with Crippen LogP contribution in [0.25, 0.3) is 11.0 Å². The third-order valence-electron chi connectivity index (χ3n) is 6.08. The smallest absolute Gasteiger partial charge is 0.337 e. The van der Waals surface area contributed by atoms with E-state index in [-0.39, 0.29) is 18.4 Å². The number of ether oxygens (including phenoxy) is 4. The Kier molecular flexibility index (Phi) is 5.89. The Bertz CT molecular complexity index is 1340. The van der Waals surface area contributed by atoms with Gasteiger partial charge in [-0.05, 0) is 30.2 Å². The molecule has 2 aliphatic rings. The van der Waals surface area contributed by atoms with Crippen LogP contribution in [0.2, 0.25) is 0 Å². The van der Waals surface area contributed by atoms with Crippen LogP contribution >= 0.6 is 0 Å². The summed E-state index contributed by atoms with van der Waals surface area (Å²) in [6.07, 6.45) is 5.53. The van der Waals surface area contributed by atoms with E-state index in [1.54, 1.807) is 36.2 Å². The molecule has 10 nitrogen and oxygen atoms in total. The van der Waals surface area contributed by atoms with Crippen molar-refractivity contribution in [2.75, 3.05) is 14.2 Å². The summed E-state index contributed by atoms with van der Waals surface area (Å²) < 4.78 is 28.8. The molecule has 0 spiro atoms. The molecule has 0 N–H and O–H groups in total. The number of hydrogen-bond donors (Lipinski definition) is 0. The molecule has 3 atom stereocenters. The average Bonchev–Trinajstić information content (AvgIpc) is 3.49. The van der Waals surface area contributed by atoms with E-state index < -0.39 is 17.9 Å². The largest absolute Gasteiger partial charge is 0.487 e. The lowest BCUT2D eigenvalue weighted by Crippen LogP contribution is -2.37. The van der Waals surface area contributed by atoms with Crippen molar-refractivity contribution in [2.24, 2.45) is 11.8 Å². The van der Waals surface area contributed by atoms with Crippen LogP contribution in [0, 0.1) is 11.8 Å². The van der Waals surface area contributed by atoms with E-state index >= 15 is 0 Å². The number of aromatic nitrogens is 3. The van der Waals surface area contributed by atoms with Gasteiger partial charge in [-0.3, -0.25) is 0 Å². The predicted octanol–water partition coefficient (Wildman–Crippen LogP) is 2.59. The second-order valence-corrected chi connectivity index (χ2v) is 8.10. The summed E-state index contributed by atoms with van der Waals surface area (Å²) in [5.74, 6) is -0.0322. The Morgan fingerprint density at radius 2 is 2.09 bits per heavy atom. The van der Waals surface area contributed by atoms with Crippen molar-refractivity contribution in [3.05, 3.63) is 76.1 Å². The summed E-state index contributed by atoms with van der Waals surface area (Å²) in [6, 6.07) is 8.38. The minimum atomic E-state index is -0.494. The van der Waals surface area contributed by atoms with Gasteiger partial charge in [0.25, 0.3) is 0 Å². The van der Waals surface area contributed by atoms with Gasteiger partial charge in [0.05, 0.1) is 37.6 Å². The first-order valence-electron chi connectivity index (χ1n) is 10.8. The highest BCUT2D eigenvalue weighted by molar-refractivity contribution is 5.89. The zero-order valence-corrected chi connectivity index (χ0v) is 18.7. The van der Waals surface area contributed by atoms with E-state index in [9.17, 15) is 9.59 Å². The fourth-order valence-corrected chi connectivity index (χ4v) is 4.46. The zero-order valence-electron chi connectivity index (χ0n) is 18.7. The number of rotatable bonds is 7. The average molecular weight is 465 g/mol. The fraction of sp³-hybridized carbons (Fsp3) is 0.333. The summed E-state index contributed by atoms with van der Waals surface area (Å²) in [4.78, 5) is 23.6. The quantitative estimate of drug-likeness (QED) is 0.295. The van der Waals surface area contributed by atoms with Gasteiger partial charge in [-0.2, -0.15) is 0 Å². The van der Waals surface area contributed by atoms with E-state index in [2.05, 4.69) is 16.4 Å². The Balaban J connectivity index is 1.25. The molecular formula is C24H23N3O7. The van der Waals surface area contributed by atoms with Gasteiger partial charge in [-0.15, -0.1) is 5.10 Å². The number of carbonyl (C=O) groups excluding carboxylic acids is 1. The molecule has 3 aromatic rings. The number of carbonyl (C=O) groups is 1. The molecule has 1 aromatic carbocycles. The van der Waals surface area contributed by atoms with Crippen molar-refractivity contribution in [1.29, 1.82) is 0 Å². The van der Waals surface area contributed by atoms with Crippen molar-refractivity contribution < 1.29 is 28.2 Å². The maximum Gasteiger partial charge on any atom is 0.337 e. The first-order chi connectivity index (χ1) is 16.6. The third-order valence-corrected chi connectivity index (χ3v) is 6.08. The lowest BCUT2D eigenvalue weighted by Gasteiger charge is -2.34.